The molecule has 1 heterocycles. The number of rotatable bonds is 5. The molecule has 0 amide bonds. The van der Waals surface area contributed by atoms with E-state index in [9.17, 15) is 4.79 Å². The summed E-state index contributed by atoms with van der Waals surface area (Å²) in [7, 11) is 0. The molecule has 0 N–H and O–H groups in total. The van der Waals surface area contributed by atoms with Crippen molar-refractivity contribution in [2.45, 2.75) is 20.4 Å². The summed E-state index contributed by atoms with van der Waals surface area (Å²) in [6, 6.07) is 19.8. The van der Waals surface area contributed by atoms with Crippen LogP contribution in [0.2, 0.25) is 0 Å². The first-order valence-electron chi connectivity index (χ1n) is 8.04. The highest BCUT2D eigenvalue weighted by molar-refractivity contribution is 5.97. The summed E-state index contributed by atoms with van der Waals surface area (Å²) in [4.78, 5) is 12.4. The second-order valence-corrected chi connectivity index (χ2v) is 5.54. The van der Waals surface area contributed by atoms with Crippen molar-refractivity contribution in [2.75, 3.05) is 6.61 Å². The minimum atomic E-state index is -0.326. The van der Waals surface area contributed by atoms with E-state index in [1.54, 1.807) is 0 Å². The first-order chi connectivity index (χ1) is 11.7. The number of carbonyl (C=O) groups excluding carboxylic acids is 1. The molecule has 0 radical (unpaired) electrons. The molecule has 0 atom stereocenters. The number of hydrogen-bond acceptors (Lipinski definition) is 3. The van der Waals surface area contributed by atoms with E-state index in [4.69, 9.17) is 9.84 Å². The zero-order valence-electron chi connectivity index (χ0n) is 13.9. The van der Waals surface area contributed by atoms with Gasteiger partial charge in [-0.3, -0.25) is 4.68 Å². The van der Waals surface area contributed by atoms with Gasteiger partial charge >= 0.3 is 5.97 Å². The number of esters is 1. The standard InChI is InChI=1S/C20H20N2O2/c1-3-24-20(23)18-15(2)22(14-16-10-6-4-7-11-16)21-19(18)17-12-8-5-9-13-17/h4-13H,3,14H2,1-2H3. The average Bonchev–Trinajstić information content (AvgIpc) is 2.93. The topological polar surface area (TPSA) is 44.1 Å². The molecular weight excluding hydrogens is 300 g/mol. The summed E-state index contributed by atoms with van der Waals surface area (Å²) in [6.45, 7) is 4.68. The molecule has 3 aromatic rings. The lowest BCUT2D eigenvalue weighted by Gasteiger charge is -2.05. The quantitative estimate of drug-likeness (QED) is 0.665. The molecule has 0 unspecified atom stereocenters. The summed E-state index contributed by atoms with van der Waals surface area (Å²) in [5.41, 5.74) is 4.08. The summed E-state index contributed by atoms with van der Waals surface area (Å²) in [5.74, 6) is -0.326. The van der Waals surface area contributed by atoms with Crippen LogP contribution in [0.4, 0.5) is 0 Å². The summed E-state index contributed by atoms with van der Waals surface area (Å²) in [5, 5.41) is 4.69. The molecule has 0 spiro atoms. The van der Waals surface area contributed by atoms with Crippen LogP contribution in [-0.2, 0) is 11.3 Å². The lowest BCUT2D eigenvalue weighted by molar-refractivity contribution is 0.0526. The highest BCUT2D eigenvalue weighted by Gasteiger charge is 2.23. The van der Waals surface area contributed by atoms with Gasteiger partial charge in [0, 0.05) is 5.56 Å². The van der Waals surface area contributed by atoms with Gasteiger partial charge in [-0.05, 0) is 19.4 Å². The van der Waals surface area contributed by atoms with Crippen molar-refractivity contribution >= 4 is 5.97 Å². The molecular formula is C20H20N2O2. The fraction of sp³-hybridized carbons (Fsp3) is 0.200. The van der Waals surface area contributed by atoms with Crippen molar-refractivity contribution < 1.29 is 9.53 Å². The van der Waals surface area contributed by atoms with Gasteiger partial charge in [0.25, 0.3) is 0 Å². The van der Waals surface area contributed by atoms with Gasteiger partial charge < -0.3 is 4.74 Å². The average molecular weight is 320 g/mol. The third kappa shape index (κ3) is 3.23. The van der Waals surface area contributed by atoms with Gasteiger partial charge in [0.2, 0.25) is 0 Å². The minimum Gasteiger partial charge on any atom is -0.462 e. The van der Waals surface area contributed by atoms with Crippen LogP contribution in [0.15, 0.2) is 60.7 Å². The second-order valence-electron chi connectivity index (χ2n) is 5.54. The van der Waals surface area contributed by atoms with Crippen molar-refractivity contribution in [3.05, 3.63) is 77.5 Å². The van der Waals surface area contributed by atoms with Crippen LogP contribution in [0.25, 0.3) is 11.3 Å². The van der Waals surface area contributed by atoms with Crippen LogP contribution < -0.4 is 0 Å². The van der Waals surface area contributed by atoms with Crippen LogP contribution in [-0.4, -0.2) is 22.4 Å². The predicted octanol–water partition coefficient (Wildman–Crippen LogP) is 4.08. The largest absolute Gasteiger partial charge is 0.462 e. The Bertz CT molecular complexity index is 824. The lowest BCUT2D eigenvalue weighted by Crippen LogP contribution is -2.08. The molecule has 0 saturated heterocycles. The van der Waals surface area contributed by atoms with Gasteiger partial charge in [0.15, 0.2) is 0 Å². The van der Waals surface area contributed by atoms with E-state index in [-0.39, 0.29) is 5.97 Å². The number of benzene rings is 2. The Kier molecular flexibility index (Phi) is 4.75. The molecule has 0 bridgehead atoms. The molecule has 0 aliphatic heterocycles. The molecule has 122 valence electrons. The Morgan fingerprint density at radius 1 is 1.04 bits per heavy atom. The molecule has 4 heteroatoms. The first kappa shape index (κ1) is 16.0. The molecule has 0 aliphatic rings. The maximum atomic E-state index is 12.4. The maximum absolute atomic E-state index is 12.4. The Balaban J connectivity index is 2.07. The monoisotopic (exact) mass is 320 g/mol. The van der Waals surface area contributed by atoms with Crippen LogP contribution >= 0.6 is 0 Å². The maximum Gasteiger partial charge on any atom is 0.342 e. The molecule has 4 nitrogen and oxygen atoms in total. The molecule has 0 saturated carbocycles. The molecule has 0 fully saturated rings. The first-order valence-corrected chi connectivity index (χ1v) is 8.04. The van der Waals surface area contributed by atoms with Crippen LogP contribution in [0.1, 0.15) is 28.5 Å². The van der Waals surface area contributed by atoms with E-state index < -0.39 is 0 Å². The zero-order chi connectivity index (χ0) is 16.9. The van der Waals surface area contributed by atoms with E-state index >= 15 is 0 Å². The predicted molar refractivity (Wildman–Crippen MR) is 93.9 cm³/mol. The SMILES string of the molecule is CCOC(=O)c1c(-c2ccccc2)nn(Cc2ccccc2)c1C. The van der Waals surface area contributed by atoms with Gasteiger partial charge in [0.1, 0.15) is 11.3 Å². The van der Waals surface area contributed by atoms with Gasteiger partial charge in [-0.1, -0.05) is 60.7 Å². The Hall–Kier alpha value is -2.88. The van der Waals surface area contributed by atoms with E-state index in [1.807, 2.05) is 79.2 Å². The highest BCUT2D eigenvalue weighted by Crippen LogP contribution is 2.26. The summed E-state index contributed by atoms with van der Waals surface area (Å²) < 4.78 is 7.11. The van der Waals surface area contributed by atoms with Crippen molar-refractivity contribution in [1.29, 1.82) is 0 Å². The molecule has 1 aromatic heterocycles. The van der Waals surface area contributed by atoms with Crippen molar-refractivity contribution in [3.8, 4) is 11.3 Å². The van der Waals surface area contributed by atoms with Gasteiger partial charge in [-0.15, -0.1) is 0 Å². The number of nitrogens with zero attached hydrogens (tertiary/aromatic N) is 2. The van der Waals surface area contributed by atoms with Crippen LogP contribution in [0.5, 0.6) is 0 Å². The number of ether oxygens (including phenoxy) is 1. The van der Waals surface area contributed by atoms with Gasteiger partial charge in [0.05, 0.1) is 18.8 Å². The number of carbonyl (C=O) groups is 1. The number of aromatic nitrogens is 2. The van der Waals surface area contributed by atoms with Crippen molar-refractivity contribution in [3.63, 3.8) is 0 Å². The van der Waals surface area contributed by atoms with E-state index in [1.165, 1.54) is 0 Å². The number of hydrogen-bond donors (Lipinski definition) is 0. The second kappa shape index (κ2) is 7.13. The fourth-order valence-electron chi connectivity index (χ4n) is 2.70. The van der Waals surface area contributed by atoms with Crippen LogP contribution in [0, 0.1) is 6.92 Å². The normalized spacial score (nSPS) is 10.6. The molecule has 24 heavy (non-hydrogen) atoms. The van der Waals surface area contributed by atoms with E-state index in [0.717, 1.165) is 16.8 Å². The fourth-order valence-corrected chi connectivity index (χ4v) is 2.70. The Labute approximate surface area is 141 Å². The summed E-state index contributed by atoms with van der Waals surface area (Å²) >= 11 is 0. The smallest absolute Gasteiger partial charge is 0.342 e. The van der Waals surface area contributed by atoms with Gasteiger partial charge in [-0.2, -0.15) is 5.10 Å². The van der Waals surface area contributed by atoms with Gasteiger partial charge in [-0.25, -0.2) is 4.79 Å². The van der Waals surface area contributed by atoms with E-state index in [0.29, 0.717) is 24.4 Å². The third-order valence-electron chi connectivity index (χ3n) is 3.91. The third-order valence-corrected chi connectivity index (χ3v) is 3.91. The highest BCUT2D eigenvalue weighted by atomic mass is 16.5. The minimum absolute atomic E-state index is 0.326. The van der Waals surface area contributed by atoms with Crippen LogP contribution in [0.3, 0.4) is 0 Å². The molecule has 0 aliphatic carbocycles. The molecule has 3 rings (SSSR count). The Morgan fingerprint density at radius 3 is 2.29 bits per heavy atom. The van der Waals surface area contributed by atoms with Crippen molar-refractivity contribution in [2.24, 2.45) is 0 Å². The zero-order valence-corrected chi connectivity index (χ0v) is 13.9. The Morgan fingerprint density at radius 2 is 1.67 bits per heavy atom. The summed E-state index contributed by atoms with van der Waals surface area (Å²) in [6.07, 6.45) is 0. The van der Waals surface area contributed by atoms with Crippen molar-refractivity contribution in [1.82, 2.24) is 9.78 Å². The lowest BCUT2D eigenvalue weighted by atomic mass is 10.1. The molecule has 2 aromatic carbocycles. The van der Waals surface area contributed by atoms with E-state index in [2.05, 4.69) is 0 Å².